The second-order valence-corrected chi connectivity index (χ2v) is 6.17. The molecule has 0 aromatic heterocycles. The Bertz CT molecular complexity index is 519. The Kier molecular flexibility index (Phi) is 4.71. The van der Waals surface area contributed by atoms with Gasteiger partial charge in [0.2, 0.25) is 0 Å². The monoisotopic (exact) mass is 302 g/mol. The molecule has 1 aliphatic heterocycles. The maximum absolute atomic E-state index is 9.97. The van der Waals surface area contributed by atoms with Crippen molar-refractivity contribution in [3.05, 3.63) is 24.3 Å². The summed E-state index contributed by atoms with van der Waals surface area (Å²) in [7, 11) is 1.86. The Morgan fingerprint density at radius 1 is 1.23 bits per heavy atom. The number of guanidine groups is 1. The van der Waals surface area contributed by atoms with E-state index in [1.807, 2.05) is 25.2 Å². The zero-order chi connectivity index (χ0) is 15.4. The van der Waals surface area contributed by atoms with Gasteiger partial charge in [0.15, 0.2) is 5.96 Å². The number of rotatable bonds is 4. The van der Waals surface area contributed by atoms with E-state index in [9.17, 15) is 5.11 Å². The molecule has 1 aromatic carbocycles. The van der Waals surface area contributed by atoms with E-state index in [2.05, 4.69) is 20.1 Å². The molecular formula is C17H26N4O. The standard InChI is InChI=1S/C17H26N4O/c1-18-17(19-9-8-14-6-7-14)21-12-10-20(11-13-21)15-4-2-3-5-16(15)22/h2-5,14,22H,6-13H2,1H3,(H,18,19). The molecule has 2 fully saturated rings. The molecule has 2 aliphatic rings. The minimum atomic E-state index is 0.364. The molecule has 0 atom stereocenters. The van der Waals surface area contributed by atoms with Crippen molar-refractivity contribution in [1.82, 2.24) is 10.2 Å². The smallest absolute Gasteiger partial charge is 0.193 e. The summed E-state index contributed by atoms with van der Waals surface area (Å²) in [6.07, 6.45) is 4.07. The lowest BCUT2D eigenvalue weighted by Gasteiger charge is -2.37. The maximum Gasteiger partial charge on any atom is 0.193 e. The van der Waals surface area contributed by atoms with Gasteiger partial charge in [0.05, 0.1) is 5.69 Å². The Labute approximate surface area is 132 Å². The summed E-state index contributed by atoms with van der Waals surface area (Å²) in [6.45, 7) is 4.69. The number of aromatic hydroxyl groups is 1. The molecule has 1 saturated heterocycles. The van der Waals surface area contributed by atoms with Crippen molar-refractivity contribution in [2.24, 2.45) is 10.9 Å². The molecule has 120 valence electrons. The molecule has 1 heterocycles. The van der Waals surface area contributed by atoms with Crippen LogP contribution in [0.2, 0.25) is 0 Å². The van der Waals surface area contributed by atoms with E-state index < -0.39 is 0 Å². The second-order valence-electron chi connectivity index (χ2n) is 6.17. The average Bonchev–Trinajstić information content (AvgIpc) is 3.37. The van der Waals surface area contributed by atoms with Crippen LogP contribution < -0.4 is 10.2 Å². The predicted octanol–water partition coefficient (Wildman–Crippen LogP) is 1.89. The van der Waals surface area contributed by atoms with Crippen LogP contribution in [-0.4, -0.2) is 55.7 Å². The summed E-state index contributed by atoms with van der Waals surface area (Å²) in [4.78, 5) is 8.96. The van der Waals surface area contributed by atoms with E-state index >= 15 is 0 Å². The number of hydrogen-bond acceptors (Lipinski definition) is 3. The first kappa shape index (κ1) is 15.0. The highest BCUT2D eigenvalue weighted by Gasteiger charge is 2.23. The third kappa shape index (κ3) is 3.64. The van der Waals surface area contributed by atoms with E-state index in [0.29, 0.717) is 5.75 Å². The molecule has 3 rings (SSSR count). The Balaban J connectivity index is 1.50. The fourth-order valence-corrected chi connectivity index (χ4v) is 3.02. The van der Waals surface area contributed by atoms with Gasteiger partial charge in [-0.25, -0.2) is 0 Å². The quantitative estimate of drug-likeness (QED) is 0.659. The lowest BCUT2D eigenvalue weighted by atomic mass is 10.2. The minimum absolute atomic E-state index is 0.364. The van der Waals surface area contributed by atoms with Gasteiger partial charge in [-0.3, -0.25) is 4.99 Å². The lowest BCUT2D eigenvalue weighted by Crippen LogP contribution is -2.52. The van der Waals surface area contributed by atoms with Gasteiger partial charge in [0.1, 0.15) is 5.75 Å². The van der Waals surface area contributed by atoms with E-state index in [4.69, 9.17) is 0 Å². The summed E-state index contributed by atoms with van der Waals surface area (Å²) < 4.78 is 0. The van der Waals surface area contributed by atoms with Crippen LogP contribution >= 0.6 is 0 Å². The first-order valence-corrected chi connectivity index (χ1v) is 8.26. The van der Waals surface area contributed by atoms with Gasteiger partial charge < -0.3 is 20.2 Å². The predicted molar refractivity (Wildman–Crippen MR) is 90.6 cm³/mol. The molecule has 22 heavy (non-hydrogen) atoms. The first-order chi connectivity index (χ1) is 10.8. The van der Waals surface area contributed by atoms with Crippen LogP contribution in [0, 0.1) is 5.92 Å². The van der Waals surface area contributed by atoms with Gasteiger partial charge in [-0.1, -0.05) is 25.0 Å². The number of nitrogens with one attached hydrogen (secondary N) is 1. The Morgan fingerprint density at radius 3 is 2.59 bits per heavy atom. The number of hydrogen-bond donors (Lipinski definition) is 2. The third-order valence-electron chi connectivity index (χ3n) is 4.55. The van der Waals surface area contributed by atoms with Crippen molar-refractivity contribution in [1.29, 1.82) is 0 Å². The highest BCUT2D eigenvalue weighted by molar-refractivity contribution is 5.80. The van der Waals surface area contributed by atoms with Crippen molar-refractivity contribution in [2.75, 3.05) is 44.7 Å². The highest BCUT2D eigenvalue weighted by Crippen LogP contribution is 2.31. The van der Waals surface area contributed by atoms with Crippen LogP contribution in [-0.2, 0) is 0 Å². The van der Waals surface area contributed by atoms with E-state index in [0.717, 1.165) is 50.3 Å². The lowest BCUT2D eigenvalue weighted by molar-refractivity contribution is 0.369. The van der Waals surface area contributed by atoms with Crippen LogP contribution in [0.15, 0.2) is 29.3 Å². The zero-order valence-electron chi connectivity index (χ0n) is 13.3. The highest BCUT2D eigenvalue weighted by atomic mass is 16.3. The molecule has 0 radical (unpaired) electrons. The van der Waals surface area contributed by atoms with E-state index in [1.54, 1.807) is 6.07 Å². The van der Waals surface area contributed by atoms with Crippen molar-refractivity contribution in [2.45, 2.75) is 19.3 Å². The maximum atomic E-state index is 9.97. The normalized spacial score (nSPS) is 19.4. The minimum Gasteiger partial charge on any atom is -0.506 e. The number of phenolic OH excluding ortho intramolecular Hbond substituents is 1. The first-order valence-electron chi connectivity index (χ1n) is 8.26. The van der Waals surface area contributed by atoms with Gasteiger partial charge in [-0.15, -0.1) is 0 Å². The van der Waals surface area contributed by atoms with Gasteiger partial charge in [-0.05, 0) is 24.5 Å². The van der Waals surface area contributed by atoms with Crippen molar-refractivity contribution < 1.29 is 5.11 Å². The molecule has 0 amide bonds. The summed E-state index contributed by atoms with van der Waals surface area (Å²) in [6, 6.07) is 7.56. The zero-order valence-corrected chi connectivity index (χ0v) is 13.3. The van der Waals surface area contributed by atoms with Crippen molar-refractivity contribution in [3.63, 3.8) is 0 Å². The molecule has 0 bridgehead atoms. The molecule has 0 unspecified atom stereocenters. The van der Waals surface area contributed by atoms with Gasteiger partial charge in [0.25, 0.3) is 0 Å². The van der Waals surface area contributed by atoms with Crippen LogP contribution in [0.3, 0.4) is 0 Å². The fourth-order valence-electron chi connectivity index (χ4n) is 3.02. The van der Waals surface area contributed by atoms with Gasteiger partial charge in [0, 0.05) is 39.8 Å². The molecule has 1 aliphatic carbocycles. The summed E-state index contributed by atoms with van der Waals surface area (Å²) in [5.41, 5.74) is 0.929. The molecule has 5 heteroatoms. The van der Waals surface area contributed by atoms with Gasteiger partial charge in [-0.2, -0.15) is 0 Å². The van der Waals surface area contributed by atoms with Crippen LogP contribution in [0.25, 0.3) is 0 Å². The fraction of sp³-hybridized carbons (Fsp3) is 0.588. The van der Waals surface area contributed by atoms with E-state index in [-0.39, 0.29) is 0 Å². The average molecular weight is 302 g/mol. The Hall–Kier alpha value is -1.91. The van der Waals surface area contributed by atoms with Crippen LogP contribution in [0.1, 0.15) is 19.3 Å². The summed E-state index contributed by atoms with van der Waals surface area (Å²) >= 11 is 0. The largest absolute Gasteiger partial charge is 0.506 e. The van der Waals surface area contributed by atoms with E-state index in [1.165, 1.54) is 19.3 Å². The number of nitrogens with zero attached hydrogens (tertiary/aromatic N) is 3. The van der Waals surface area contributed by atoms with Gasteiger partial charge >= 0.3 is 0 Å². The number of benzene rings is 1. The molecule has 0 spiro atoms. The second kappa shape index (κ2) is 6.90. The molecule has 1 aromatic rings. The number of anilines is 1. The summed E-state index contributed by atoms with van der Waals surface area (Å²) in [5.74, 6) is 2.32. The summed E-state index contributed by atoms with van der Waals surface area (Å²) in [5, 5.41) is 13.5. The molecule has 2 N–H and O–H groups in total. The number of para-hydroxylation sites is 2. The number of aliphatic imine (C=N–C) groups is 1. The van der Waals surface area contributed by atoms with Crippen molar-refractivity contribution >= 4 is 11.6 Å². The van der Waals surface area contributed by atoms with Crippen LogP contribution in [0.4, 0.5) is 5.69 Å². The third-order valence-corrected chi connectivity index (χ3v) is 4.55. The topological polar surface area (TPSA) is 51.1 Å². The molecular weight excluding hydrogens is 276 g/mol. The number of piperazine rings is 1. The van der Waals surface area contributed by atoms with Crippen LogP contribution in [0.5, 0.6) is 5.75 Å². The SMILES string of the molecule is CN=C(NCCC1CC1)N1CCN(c2ccccc2O)CC1. The molecule has 5 nitrogen and oxygen atoms in total. The Morgan fingerprint density at radius 2 is 1.95 bits per heavy atom. The molecule has 1 saturated carbocycles. The number of phenols is 1. The van der Waals surface area contributed by atoms with Crippen molar-refractivity contribution in [3.8, 4) is 5.75 Å².